The molecule has 168 valence electrons. The Morgan fingerprint density at radius 1 is 1.06 bits per heavy atom. The second-order valence-electron chi connectivity index (χ2n) is 7.11. The minimum atomic E-state index is -3.98. The van der Waals surface area contributed by atoms with E-state index in [9.17, 15) is 17.6 Å². The van der Waals surface area contributed by atoms with Gasteiger partial charge in [-0.15, -0.1) is 0 Å². The number of nitrogens with zero attached hydrogens (tertiary/aromatic N) is 2. The van der Waals surface area contributed by atoms with Crippen molar-refractivity contribution in [1.29, 1.82) is 0 Å². The maximum Gasteiger partial charge on any atom is 0.279 e. The Bertz CT molecular complexity index is 1380. The van der Waals surface area contributed by atoms with E-state index in [1.807, 2.05) is 30.3 Å². The lowest BCUT2D eigenvalue weighted by atomic mass is 10.1. The van der Waals surface area contributed by atoms with Gasteiger partial charge in [0.2, 0.25) is 10.0 Å². The smallest absolute Gasteiger partial charge is 0.279 e. The maximum atomic E-state index is 13.9. The van der Waals surface area contributed by atoms with Crippen LogP contribution in [0.15, 0.2) is 82.8 Å². The molecule has 0 fully saturated rings. The van der Waals surface area contributed by atoms with Crippen LogP contribution in [0.25, 0.3) is 0 Å². The molecule has 0 aliphatic carbocycles. The topological polar surface area (TPSA) is 117 Å². The molecule has 0 bridgehead atoms. The number of halogens is 1. The molecule has 3 aromatic rings. The zero-order chi connectivity index (χ0) is 23.6. The minimum absolute atomic E-state index is 0.0461. The third-order valence-corrected chi connectivity index (χ3v) is 6.01. The summed E-state index contributed by atoms with van der Waals surface area (Å²) >= 11 is 5.20. The standard InChI is InChI=1S/C22H18FN5O3S2/c23-15-10-11-16-18(12-15)28(13-14-6-2-1-3-7-14)21(29)20(16)26-27-22(32)25-17-8-4-5-9-19(17)33(24,30)31/h1-12H,13H2,(H2,24,30,31)(H2,25,27,32). The van der Waals surface area contributed by atoms with E-state index >= 15 is 0 Å². The highest BCUT2D eigenvalue weighted by Gasteiger charge is 2.34. The average Bonchev–Trinajstić information content (AvgIpc) is 3.03. The zero-order valence-electron chi connectivity index (χ0n) is 17.0. The van der Waals surface area contributed by atoms with Crippen molar-refractivity contribution in [3.05, 3.63) is 89.7 Å². The number of primary sulfonamides is 1. The van der Waals surface area contributed by atoms with Crippen LogP contribution in [-0.4, -0.2) is 25.1 Å². The number of nitrogens with two attached hydrogens (primary N) is 1. The van der Waals surface area contributed by atoms with Crippen LogP contribution >= 0.6 is 12.2 Å². The Hall–Kier alpha value is -3.67. The quantitative estimate of drug-likeness (QED) is 0.380. The second kappa shape index (κ2) is 9.06. The van der Waals surface area contributed by atoms with Gasteiger partial charge in [0.1, 0.15) is 10.7 Å². The van der Waals surface area contributed by atoms with E-state index in [1.165, 1.54) is 41.3 Å². The third-order valence-electron chi connectivity index (χ3n) is 4.85. The third kappa shape index (κ3) is 4.90. The molecule has 33 heavy (non-hydrogen) atoms. The monoisotopic (exact) mass is 483 g/mol. The van der Waals surface area contributed by atoms with Gasteiger partial charge in [0.05, 0.1) is 17.9 Å². The molecule has 0 spiro atoms. The number of carbonyl (C=O) groups excluding carboxylic acids is 1. The molecule has 3 aromatic carbocycles. The molecule has 4 rings (SSSR count). The summed E-state index contributed by atoms with van der Waals surface area (Å²) in [4.78, 5) is 14.4. The number of hydrazone groups is 1. The fraction of sp³-hybridized carbons (Fsp3) is 0.0455. The molecule has 0 saturated carbocycles. The molecule has 1 aliphatic heterocycles. The average molecular weight is 484 g/mol. The van der Waals surface area contributed by atoms with E-state index in [0.717, 1.165) is 5.56 Å². The van der Waals surface area contributed by atoms with Crippen molar-refractivity contribution in [2.24, 2.45) is 10.2 Å². The van der Waals surface area contributed by atoms with Crippen molar-refractivity contribution in [1.82, 2.24) is 5.43 Å². The molecule has 1 aliphatic rings. The largest absolute Gasteiger partial charge is 0.330 e. The number of fused-ring (bicyclic) bond motifs is 1. The van der Waals surface area contributed by atoms with E-state index < -0.39 is 21.7 Å². The van der Waals surface area contributed by atoms with Crippen LogP contribution in [0, 0.1) is 5.82 Å². The van der Waals surface area contributed by atoms with Crippen LogP contribution < -0.4 is 20.8 Å². The number of thiocarbonyl (C=S) groups is 1. The summed E-state index contributed by atoms with van der Waals surface area (Å²) in [6.07, 6.45) is 0. The van der Waals surface area contributed by atoms with Crippen molar-refractivity contribution < 1.29 is 17.6 Å². The van der Waals surface area contributed by atoms with Crippen molar-refractivity contribution in [3.8, 4) is 0 Å². The molecule has 0 unspecified atom stereocenters. The van der Waals surface area contributed by atoms with Gasteiger partial charge in [0.15, 0.2) is 10.8 Å². The van der Waals surface area contributed by atoms with Crippen LogP contribution in [0.5, 0.6) is 0 Å². The minimum Gasteiger partial charge on any atom is -0.330 e. The van der Waals surface area contributed by atoms with Gasteiger partial charge in [-0.25, -0.2) is 17.9 Å². The van der Waals surface area contributed by atoms with Crippen molar-refractivity contribution in [2.75, 3.05) is 10.2 Å². The van der Waals surface area contributed by atoms with E-state index in [-0.39, 0.29) is 28.0 Å². The summed E-state index contributed by atoms with van der Waals surface area (Å²) in [6.45, 7) is 0.236. The van der Waals surface area contributed by atoms with E-state index in [1.54, 1.807) is 6.07 Å². The fourth-order valence-corrected chi connectivity index (χ4v) is 4.24. The number of carbonyl (C=O) groups is 1. The Kier molecular flexibility index (Phi) is 6.18. The molecular formula is C22H18FN5O3S2. The van der Waals surface area contributed by atoms with Gasteiger partial charge in [-0.05, 0) is 48.1 Å². The molecule has 0 aromatic heterocycles. The summed E-state index contributed by atoms with van der Waals surface area (Å²) in [6, 6.07) is 19.2. The first kappa shape index (κ1) is 22.5. The number of anilines is 2. The van der Waals surface area contributed by atoms with Crippen molar-refractivity contribution in [3.63, 3.8) is 0 Å². The lowest BCUT2D eigenvalue weighted by Crippen LogP contribution is -2.32. The molecule has 8 nitrogen and oxygen atoms in total. The summed E-state index contributed by atoms with van der Waals surface area (Å²) in [7, 11) is -3.98. The normalized spacial score (nSPS) is 14.3. The Morgan fingerprint density at radius 2 is 1.76 bits per heavy atom. The number of hydrogen-bond donors (Lipinski definition) is 3. The van der Waals surface area contributed by atoms with Crippen LogP contribution in [0.4, 0.5) is 15.8 Å². The number of rotatable bonds is 5. The molecule has 0 atom stereocenters. The van der Waals surface area contributed by atoms with Crippen molar-refractivity contribution >= 4 is 50.3 Å². The highest BCUT2D eigenvalue weighted by Crippen LogP contribution is 2.31. The molecule has 0 radical (unpaired) electrons. The molecule has 4 N–H and O–H groups in total. The van der Waals surface area contributed by atoms with Gasteiger partial charge in [-0.1, -0.05) is 42.5 Å². The number of amides is 1. The number of benzene rings is 3. The number of hydrogen-bond acceptors (Lipinski definition) is 5. The molecule has 1 heterocycles. The summed E-state index contributed by atoms with van der Waals surface area (Å²) in [5.41, 5.74) is 4.46. The number of nitrogens with one attached hydrogen (secondary N) is 2. The summed E-state index contributed by atoms with van der Waals surface area (Å²) < 4.78 is 37.5. The predicted molar refractivity (Wildman–Crippen MR) is 128 cm³/mol. The maximum absolute atomic E-state index is 13.9. The van der Waals surface area contributed by atoms with Crippen LogP contribution in [-0.2, 0) is 21.4 Å². The Morgan fingerprint density at radius 3 is 2.48 bits per heavy atom. The van der Waals surface area contributed by atoms with Gasteiger partial charge in [0, 0.05) is 5.56 Å². The lowest BCUT2D eigenvalue weighted by Gasteiger charge is -2.17. The Balaban J connectivity index is 1.58. The summed E-state index contributed by atoms with van der Waals surface area (Å²) in [5, 5.41) is 12.0. The zero-order valence-corrected chi connectivity index (χ0v) is 18.7. The van der Waals surface area contributed by atoms with Gasteiger partial charge >= 0.3 is 0 Å². The van der Waals surface area contributed by atoms with Gasteiger partial charge in [-0.2, -0.15) is 5.10 Å². The first-order valence-corrected chi connectivity index (χ1v) is 11.6. The predicted octanol–water partition coefficient (Wildman–Crippen LogP) is 2.71. The van der Waals surface area contributed by atoms with Crippen molar-refractivity contribution in [2.45, 2.75) is 11.4 Å². The highest BCUT2D eigenvalue weighted by atomic mass is 32.2. The SMILES string of the molecule is NS(=O)(=O)c1ccccc1NC(=S)NN=C1C(=O)N(Cc2ccccc2)c2cc(F)ccc21. The number of sulfonamides is 1. The van der Waals surface area contributed by atoms with E-state index in [4.69, 9.17) is 17.4 Å². The van der Waals surface area contributed by atoms with E-state index in [2.05, 4.69) is 15.8 Å². The van der Waals surface area contributed by atoms with Gasteiger partial charge in [-0.3, -0.25) is 10.2 Å². The Labute approximate surface area is 195 Å². The molecule has 11 heteroatoms. The van der Waals surface area contributed by atoms with Crippen LogP contribution in [0.3, 0.4) is 0 Å². The second-order valence-corrected chi connectivity index (χ2v) is 9.04. The van der Waals surface area contributed by atoms with E-state index in [0.29, 0.717) is 11.3 Å². The number of para-hydroxylation sites is 1. The molecule has 0 saturated heterocycles. The molecular weight excluding hydrogens is 465 g/mol. The molecule has 1 amide bonds. The van der Waals surface area contributed by atoms with Crippen LogP contribution in [0.1, 0.15) is 11.1 Å². The van der Waals surface area contributed by atoms with Gasteiger partial charge in [0.25, 0.3) is 5.91 Å². The van der Waals surface area contributed by atoms with Gasteiger partial charge < -0.3 is 10.2 Å². The van der Waals surface area contributed by atoms with Crippen LogP contribution in [0.2, 0.25) is 0 Å². The summed E-state index contributed by atoms with van der Waals surface area (Å²) in [5.74, 6) is -0.912. The first-order chi connectivity index (χ1) is 15.7. The lowest BCUT2D eigenvalue weighted by molar-refractivity contribution is -0.112. The highest BCUT2D eigenvalue weighted by molar-refractivity contribution is 7.89. The first-order valence-electron chi connectivity index (χ1n) is 9.66. The fourth-order valence-electron chi connectivity index (χ4n) is 3.39.